The second-order valence-electron chi connectivity index (χ2n) is 6.62. The lowest BCUT2D eigenvalue weighted by Crippen LogP contribution is -2.24. The minimum absolute atomic E-state index is 0.229. The highest BCUT2D eigenvalue weighted by Crippen LogP contribution is 2.37. The summed E-state index contributed by atoms with van der Waals surface area (Å²) in [5.41, 5.74) is 9.29. The van der Waals surface area contributed by atoms with Crippen LogP contribution in [0.4, 0.5) is 5.82 Å². The summed E-state index contributed by atoms with van der Waals surface area (Å²) in [5.74, 6) is 0.354. The third-order valence-corrected chi connectivity index (χ3v) is 4.80. The van der Waals surface area contributed by atoms with Crippen molar-refractivity contribution in [3.63, 3.8) is 0 Å². The number of aliphatic hydroxyl groups is 2. The number of nitrogen functional groups attached to an aromatic ring is 1. The molecule has 4 N–H and O–H groups in total. The molecule has 1 aromatic carbocycles. The third-order valence-electron chi connectivity index (χ3n) is 4.80. The van der Waals surface area contributed by atoms with Crippen molar-refractivity contribution in [2.75, 3.05) is 12.3 Å². The Morgan fingerprint density at radius 2 is 2.07 bits per heavy atom. The van der Waals surface area contributed by atoms with Crippen LogP contribution in [0.25, 0.3) is 11.0 Å². The molecule has 8 heteroatoms. The average Bonchev–Trinajstić information content (AvgIpc) is 3.24. The van der Waals surface area contributed by atoms with Crippen LogP contribution in [0.5, 0.6) is 0 Å². The van der Waals surface area contributed by atoms with Crippen molar-refractivity contribution in [2.45, 2.75) is 38.1 Å². The molecule has 1 aliphatic heterocycles. The molecule has 0 radical (unpaired) electrons. The van der Waals surface area contributed by atoms with Crippen molar-refractivity contribution < 1.29 is 19.7 Å². The van der Waals surface area contributed by atoms with E-state index in [1.165, 1.54) is 6.33 Å². The van der Waals surface area contributed by atoms with Gasteiger partial charge in [0.05, 0.1) is 30.9 Å². The predicted octanol–water partition coefficient (Wildman–Crippen LogP) is 1.37. The van der Waals surface area contributed by atoms with Crippen LogP contribution < -0.4 is 5.73 Å². The molecular formula is C19H22N4O4. The van der Waals surface area contributed by atoms with Gasteiger partial charge in [0.2, 0.25) is 0 Å². The van der Waals surface area contributed by atoms with Gasteiger partial charge in [-0.2, -0.15) is 0 Å². The molecule has 3 heterocycles. The number of aliphatic hydroxyl groups excluding tert-OH is 2. The number of hydrogen-bond acceptors (Lipinski definition) is 7. The van der Waals surface area contributed by atoms with Gasteiger partial charge in [-0.05, 0) is 5.56 Å². The highest BCUT2D eigenvalue weighted by molar-refractivity contribution is 5.88. The number of fused-ring (bicyclic) bond motifs is 1. The van der Waals surface area contributed by atoms with Crippen molar-refractivity contribution in [2.24, 2.45) is 0 Å². The van der Waals surface area contributed by atoms with Gasteiger partial charge in [0.15, 0.2) is 5.82 Å². The molecule has 2 aromatic heterocycles. The molecule has 27 heavy (non-hydrogen) atoms. The zero-order valence-electron chi connectivity index (χ0n) is 14.7. The van der Waals surface area contributed by atoms with E-state index < -0.39 is 12.2 Å². The monoisotopic (exact) mass is 370 g/mol. The maximum atomic E-state index is 10.0. The molecular weight excluding hydrogens is 348 g/mol. The van der Waals surface area contributed by atoms with Crippen LogP contribution in [-0.2, 0) is 22.8 Å². The number of ether oxygens (including phenoxy) is 2. The van der Waals surface area contributed by atoms with Gasteiger partial charge in [0, 0.05) is 18.2 Å². The molecule has 3 aromatic rings. The van der Waals surface area contributed by atoms with Crippen molar-refractivity contribution >= 4 is 16.9 Å². The largest absolute Gasteiger partial charge is 0.394 e. The standard InChI is InChI=1S/C19H22N4O4/c20-19-18-17(21-10-22-19)13(15-6-14(25)16(8-24)27-15)7-23(18)11-26-9-12-4-2-1-3-5-12/h1-5,7,10,14-16,24-25H,6,8-9,11H2,(H2,20,21,22)/t14-,15+,16+/m0/s1. The zero-order chi connectivity index (χ0) is 18.8. The first-order valence-corrected chi connectivity index (χ1v) is 8.82. The van der Waals surface area contributed by atoms with Crippen molar-refractivity contribution in [1.82, 2.24) is 14.5 Å². The Kier molecular flexibility index (Phi) is 5.04. The molecule has 0 aliphatic carbocycles. The van der Waals surface area contributed by atoms with Crippen LogP contribution in [0.15, 0.2) is 42.9 Å². The lowest BCUT2D eigenvalue weighted by molar-refractivity contribution is -0.0223. The summed E-state index contributed by atoms with van der Waals surface area (Å²) in [6.07, 6.45) is 1.99. The molecule has 0 amide bonds. The lowest BCUT2D eigenvalue weighted by Gasteiger charge is -2.11. The maximum absolute atomic E-state index is 10.0. The summed E-state index contributed by atoms with van der Waals surface area (Å²) in [4.78, 5) is 8.44. The molecule has 142 valence electrons. The molecule has 3 atom stereocenters. The van der Waals surface area contributed by atoms with Gasteiger partial charge < -0.3 is 30.0 Å². The van der Waals surface area contributed by atoms with E-state index in [2.05, 4.69) is 9.97 Å². The number of anilines is 1. The van der Waals surface area contributed by atoms with Gasteiger partial charge in [-0.1, -0.05) is 30.3 Å². The summed E-state index contributed by atoms with van der Waals surface area (Å²) in [6, 6.07) is 9.89. The van der Waals surface area contributed by atoms with E-state index in [1.54, 1.807) is 0 Å². The maximum Gasteiger partial charge on any atom is 0.151 e. The van der Waals surface area contributed by atoms with Crippen LogP contribution in [-0.4, -0.2) is 43.6 Å². The number of rotatable bonds is 6. The SMILES string of the molecule is Nc1ncnc2c([C@H]3C[C@H](O)[C@@H](CO)O3)cn(COCc3ccccc3)c12. The number of benzene rings is 1. The van der Waals surface area contributed by atoms with Crippen molar-refractivity contribution in [3.8, 4) is 0 Å². The first-order chi connectivity index (χ1) is 13.2. The van der Waals surface area contributed by atoms with E-state index in [4.69, 9.17) is 15.2 Å². The molecule has 1 aliphatic rings. The molecule has 4 rings (SSSR count). The van der Waals surface area contributed by atoms with Crippen LogP contribution in [0, 0.1) is 0 Å². The van der Waals surface area contributed by atoms with Gasteiger partial charge in [-0.15, -0.1) is 0 Å². The van der Waals surface area contributed by atoms with Gasteiger partial charge in [-0.3, -0.25) is 0 Å². The Labute approximate surface area is 156 Å². The minimum atomic E-state index is -0.716. The van der Waals surface area contributed by atoms with Crippen molar-refractivity contribution in [1.29, 1.82) is 0 Å². The first kappa shape index (κ1) is 17.9. The van der Waals surface area contributed by atoms with E-state index in [9.17, 15) is 10.2 Å². The molecule has 0 bridgehead atoms. The summed E-state index contributed by atoms with van der Waals surface area (Å²) in [7, 11) is 0. The molecule has 1 fully saturated rings. The molecule has 8 nitrogen and oxygen atoms in total. The Hall–Kier alpha value is -2.52. The van der Waals surface area contributed by atoms with Crippen LogP contribution in [0.2, 0.25) is 0 Å². The smallest absolute Gasteiger partial charge is 0.151 e. The molecule has 0 saturated carbocycles. The van der Waals surface area contributed by atoms with E-state index in [-0.39, 0.29) is 19.4 Å². The van der Waals surface area contributed by atoms with E-state index >= 15 is 0 Å². The van der Waals surface area contributed by atoms with E-state index in [0.29, 0.717) is 29.9 Å². The Morgan fingerprint density at radius 3 is 2.81 bits per heavy atom. The highest BCUT2D eigenvalue weighted by Gasteiger charge is 2.36. The number of hydrogen-bond donors (Lipinski definition) is 3. The number of aromatic nitrogens is 3. The number of nitrogens with zero attached hydrogens (tertiary/aromatic N) is 3. The fourth-order valence-electron chi connectivity index (χ4n) is 3.45. The quantitative estimate of drug-likeness (QED) is 0.600. The minimum Gasteiger partial charge on any atom is -0.394 e. The average molecular weight is 370 g/mol. The fraction of sp³-hybridized carbons (Fsp3) is 0.368. The second-order valence-corrected chi connectivity index (χ2v) is 6.62. The van der Waals surface area contributed by atoms with E-state index in [0.717, 1.165) is 11.1 Å². The molecule has 0 spiro atoms. The number of nitrogens with two attached hydrogens (primary N) is 1. The summed E-state index contributed by atoms with van der Waals surface area (Å²) >= 11 is 0. The fourth-order valence-corrected chi connectivity index (χ4v) is 3.45. The van der Waals surface area contributed by atoms with Gasteiger partial charge in [0.25, 0.3) is 0 Å². The first-order valence-electron chi connectivity index (χ1n) is 8.82. The summed E-state index contributed by atoms with van der Waals surface area (Å²) < 4.78 is 13.5. The van der Waals surface area contributed by atoms with E-state index in [1.807, 2.05) is 41.1 Å². The predicted molar refractivity (Wildman–Crippen MR) is 98.5 cm³/mol. The van der Waals surface area contributed by atoms with Crippen molar-refractivity contribution in [3.05, 3.63) is 54.0 Å². The van der Waals surface area contributed by atoms with Gasteiger partial charge >= 0.3 is 0 Å². The Balaban J connectivity index is 1.59. The van der Waals surface area contributed by atoms with Crippen LogP contribution in [0.3, 0.4) is 0 Å². The Morgan fingerprint density at radius 1 is 1.26 bits per heavy atom. The van der Waals surface area contributed by atoms with Crippen LogP contribution in [0.1, 0.15) is 23.7 Å². The second kappa shape index (κ2) is 7.61. The highest BCUT2D eigenvalue weighted by atomic mass is 16.5. The molecule has 1 saturated heterocycles. The summed E-state index contributed by atoms with van der Waals surface area (Å²) in [5, 5.41) is 19.4. The normalized spacial score (nSPS) is 22.5. The Bertz CT molecular complexity index is 915. The van der Waals surface area contributed by atoms with Gasteiger partial charge in [0.1, 0.15) is 24.7 Å². The van der Waals surface area contributed by atoms with Gasteiger partial charge in [-0.25, -0.2) is 9.97 Å². The molecule has 0 unspecified atom stereocenters. The zero-order valence-corrected chi connectivity index (χ0v) is 14.7. The lowest BCUT2D eigenvalue weighted by atomic mass is 10.1. The topological polar surface area (TPSA) is 116 Å². The summed E-state index contributed by atoms with van der Waals surface area (Å²) in [6.45, 7) is 0.518. The van der Waals surface area contributed by atoms with Crippen LogP contribution >= 0.6 is 0 Å². The third kappa shape index (κ3) is 3.52.